The number of ketones is 1. The van der Waals surface area contributed by atoms with Gasteiger partial charge in [-0.15, -0.1) is 0 Å². The molecule has 0 aliphatic heterocycles. The van der Waals surface area contributed by atoms with E-state index in [1.165, 1.54) is 13.3 Å². The normalized spacial score (nSPS) is 7.69. The molecule has 1 nitrogen and oxygen atoms in total. The first-order valence-electron chi connectivity index (χ1n) is 5.08. The number of hydrogen-bond donors (Lipinski definition) is 0. The third kappa shape index (κ3) is 34.5. The van der Waals surface area contributed by atoms with Crippen LogP contribution in [0.25, 0.3) is 0 Å². The molecule has 0 aliphatic rings. The molecule has 0 aromatic carbocycles. The molecule has 0 saturated heterocycles. The Morgan fingerprint density at radius 2 is 1.38 bits per heavy atom. The SMILES string of the molecule is C=C(C)C(C)=O.CC.CCC(C)C. The molecule has 80 valence electrons. The molecule has 0 N–H and O–H groups in total. The second-order valence-electron chi connectivity index (χ2n) is 3.14. The molecule has 0 saturated carbocycles. The molecule has 0 spiro atoms. The van der Waals surface area contributed by atoms with Gasteiger partial charge in [-0.25, -0.2) is 0 Å². The summed E-state index contributed by atoms with van der Waals surface area (Å²) in [4.78, 5) is 10.0. The van der Waals surface area contributed by atoms with E-state index < -0.39 is 0 Å². The van der Waals surface area contributed by atoms with Crippen LogP contribution in [0.4, 0.5) is 0 Å². The minimum Gasteiger partial charge on any atom is -0.295 e. The molecule has 0 atom stereocenters. The van der Waals surface area contributed by atoms with Crippen molar-refractivity contribution < 1.29 is 4.79 Å². The molecule has 0 aromatic heterocycles. The smallest absolute Gasteiger partial charge is 0.154 e. The van der Waals surface area contributed by atoms with Crippen LogP contribution in [0.5, 0.6) is 0 Å². The number of Topliss-reactive ketones (excluding diaryl/α,β-unsaturated/α-hetero) is 1. The molecule has 0 bridgehead atoms. The van der Waals surface area contributed by atoms with Crippen LogP contribution in [0, 0.1) is 5.92 Å². The number of rotatable bonds is 2. The molecule has 0 rings (SSSR count). The molecule has 0 unspecified atom stereocenters. The van der Waals surface area contributed by atoms with E-state index in [4.69, 9.17) is 0 Å². The van der Waals surface area contributed by atoms with Crippen LogP contribution in [0.2, 0.25) is 0 Å². The standard InChI is InChI=1S/C5H8O.C5H12.C2H6/c1-4(2)5(3)6;1-4-5(2)3;1-2/h1H2,2-3H3;5H,4H2,1-3H3;1-2H3. The van der Waals surface area contributed by atoms with Gasteiger partial charge in [-0.05, 0) is 25.3 Å². The maximum Gasteiger partial charge on any atom is 0.154 e. The Balaban J connectivity index is -0.000000131. The van der Waals surface area contributed by atoms with E-state index in [2.05, 4.69) is 27.4 Å². The molecule has 0 radical (unpaired) electrons. The summed E-state index contributed by atoms with van der Waals surface area (Å²) >= 11 is 0. The van der Waals surface area contributed by atoms with Gasteiger partial charge in [-0.1, -0.05) is 47.6 Å². The third-order valence-electron chi connectivity index (χ3n) is 1.42. The van der Waals surface area contributed by atoms with E-state index >= 15 is 0 Å². The second kappa shape index (κ2) is 14.0. The van der Waals surface area contributed by atoms with Gasteiger partial charge in [0.1, 0.15) is 0 Å². The zero-order valence-corrected chi connectivity index (χ0v) is 10.4. The highest BCUT2D eigenvalue weighted by Gasteiger charge is 1.85. The Labute approximate surface area is 84.2 Å². The molecular formula is C12H26O. The molecule has 13 heavy (non-hydrogen) atoms. The van der Waals surface area contributed by atoms with E-state index in [1.807, 2.05) is 13.8 Å². The van der Waals surface area contributed by atoms with Gasteiger partial charge >= 0.3 is 0 Å². The lowest BCUT2D eigenvalue weighted by atomic mass is 10.2. The van der Waals surface area contributed by atoms with Crippen molar-refractivity contribution in [1.82, 2.24) is 0 Å². The maximum absolute atomic E-state index is 10.0. The van der Waals surface area contributed by atoms with Crippen molar-refractivity contribution in [2.24, 2.45) is 5.92 Å². The lowest BCUT2D eigenvalue weighted by Gasteiger charge is -1.90. The van der Waals surface area contributed by atoms with Gasteiger partial charge in [-0.2, -0.15) is 0 Å². The Hall–Kier alpha value is -0.590. The molecule has 0 aliphatic carbocycles. The fourth-order valence-corrected chi connectivity index (χ4v) is 0. The quantitative estimate of drug-likeness (QED) is 0.590. The zero-order chi connectivity index (χ0) is 11.4. The molecule has 0 amide bonds. The largest absolute Gasteiger partial charge is 0.295 e. The first kappa shape index (κ1) is 18.2. The molecule has 0 aromatic rings. The van der Waals surface area contributed by atoms with Crippen LogP contribution in [-0.4, -0.2) is 5.78 Å². The van der Waals surface area contributed by atoms with Crippen molar-refractivity contribution in [1.29, 1.82) is 0 Å². The number of allylic oxidation sites excluding steroid dienone is 1. The number of hydrogen-bond acceptors (Lipinski definition) is 1. The molecule has 0 fully saturated rings. The summed E-state index contributed by atoms with van der Waals surface area (Å²) in [5.74, 6) is 0.949. The molecule has 1 heteroatoms. The zero-order valence-electron chi connectivity index (χ0n) is 10.4. The van der Waals surface area contributed by atoms with Crippen LogP contribution in [-0.2, 0) is 4.79 Å². The van der Waals surface area contributed by atoms with Crippen molar-refractivity contribution in [3.8, 4) is 0 Å². The highest BCUT2D eigenvalue weighted by Crippen LogP contribution is 1.93. The monoisotopic (exact) mass is 186 g/mol. The maximum atomic E-state index is 10.0. The van der Waals surface area contributed by atoms with Crippen molar-refractivity contribution in [3.05, 3.63) is 12.2 Å². The van der Waals surface area contributed by atoms with Crippen LogP contribution in [0.3, 0.4) is 0 Å². The van der Waals surface area contributed by atoms with Gasteiger partial charge in [0.25, 0.3) is 0 Å². The van der Waals surface area contributed by atoms with E-state index in [9.17, 15) is 4.79 Å². The summed E-state index contributed by atoms with van der Waals surface area (Å²) < 4.78 is 0. The summed E-state index contributed by atoms with van der Waals surface area (Å²) in [5, 5.41) is 0. The van der Waals surface area contributed by atoms with Crippen LogP contribution >= 0.6 is 0 Å². The minimum absolute atomic E-state index is 0.0648. The number of carbonyl (C=O) groups excluding carboxylic acids is 1. The average molecular weight is 186 g/mol. The Morgan fingerprint density at radius 1 is 1.23 bits per heavy atom. The van der Waals surface area contributed by atoms with E-state index in [0.29, 0.717) is 5.57 Å². The lowest BCUT2D eigenvalue weighted by molar-refractivity contribution is -0.113. The molecule has 0 heterocycles. The third-order valence-corrected chi connectivity index (χ3v) is 1.42. The minimum atomic E-state index is 0.0648. The highest BCUT2D eigenvalue weighted by molar-refractivity contribution is 5.91. The van der Waals surface area contributed by atoms with E-state index in [0.717, 1.165) is 5.92 Å². The van der Waals surface area contributed by atoms with Gasteiger partial charge in [0.05, 0.1) is 0 Å². The average Bonchev–Trinajstić information content (AvgIpc) is 2.09. The van der Waals surface area contributed by atoms with Gasteiger partial charge in [0, 0.05) is 0 Å². The summed E-state index contributed by atoms with van der Waals surface area (Å²) in [7, 11) is 0. The first-order chi connectivity index (χ1) is 5.91. The summed E-state index contributed by atoms with van der Waals surface area (Å²) in [6.45, 7) is 17.2. The summed E-state index contributed by atoms with van der Waals surface area (Å²) in [5.41, 5.74) is 0.620. The Kier molecular flexibility index (Phi) is 19.6. The van der Waals surface area contributed by atoms with Crippen LogP contribution < -0.4 is 0 Å². The Morgan fingerprint density at radius 3 is 1.38 bits per heavy atom. The van der Waals surface area contributed by atoms with Crippen molar-refractivity contribution in [2.75, 3.05) is 0 Å². The number of carbonyl (C=O) groups is 1. The van der Waals surface area contributed by atoms with Gasteiger partial charge < -0.3 is 0 Å². The lowest BCUT2D eigenvalue weighted by Crippen LogP contribution is -1.86. The summed E-state index contributed by atoms with van der Waals surface area (Å²) in [6, 6.07) is 0. The second-order valence-corrected chi connectivity index (χ2v) is 3.14. The Bertz CT molecular complexity index is 111. The van der Waals surface area contributed by atoms with Crippen molar-refractivity contribution >= 4 is 5.78 Å². The predicted molar refractivity (Wildman–Crippen MR) is 62.0 cm³/mol. The fourth-order valence-electron chi connectivity index (χ4n) is 0. The van der Waals surface area contributed by atoms with Gasteiger partial charge in [0.2, 0.25) is 0 Å². The van der Waals surface area contributed by atoms with Crippen LogP contribution in [0.1, 0.15) is 54.9 Å². The van der Waals surface area contributed by atoms with E-state index in [-0.39, 0.29) is 5.78 Å². The predicted octanol–water partition coefficient (Wildman–Crippen LogP) is 4.23. The fraction of sp³-hybridized carbons (Fsp3) is 0.750. The van der Waals surface area contributed by atoms with E-state index in [1.54, 1.807) is 6.92 Å². The van der Waals surface area contributed by atoms with Gasteiger partial charge in [0.15, 0.2) is 5.78 Å². The van der Waals surface area contributed by atoms with Crippen LogP contribution in [0.15, 0.2) is 12.2 Å². The van der Waals surface area contributed by atoms with Crippen molar-refractivity contribution in [3.63, 3.8) is 0 Å². The molecular weight excluding hydrogens is 160 g/mol. The highest BCUT2D eigenvalue weighted by atomic mass is 16.1. The topological polar surface area (TPSA) is 17.1 Å². The van der Waals surface area contributed by atoms with Gasteiger partial charge in [-0.3, -0.25) is 4.79 Å². The first-order valence-corrected chi connectivity index (χ1v) is 5.08. The van der Waals surface area contributed by atoms with Crippen molar-refractivity contribution in [2.45, 2.75) is 54.9 Å². The summed E-state index contributed by atoms with van der Waals surface area (Å²) in [6.07, 6.45) is 1.31.